The molecule has 0 saturated carbocycles. The molecular weight excluding hydrogens is 202 g/mol. The van der Waals surface area contributed by atoms with Crippen LogP contribution in [0.25, 0.3) is 0 Å². The molecule has 0 radical (unpaired) electrons. The summed E-state index contributed by atoms with van der Waals surface area (Å²) in [5.41, 5.74) is 0.581. The van der Waals surface area contributed by atoms with E-state index in [4.69, 9.17) is 4.52 Å². The van der Waals surface area contributed by atoms with E-state index in [0.717, 1.165) is 12.1 Å². The summed E-state index contributed by atoms with van der Waals surface area (Å²) in [7, 11) is 0. The largest absolute Gasteiger partial charge is 0.353 e. The van der Waals surface area contributed by atoms with Crippen molar-refractivity contribution in [1.82, 2.24) is 5.16 Å². The van der Waals surface area contributed by atoms with E-state index in [-0.39, 0.29) is 11.2 Å². The second-order valence-corrected chi connectivity index (χ2v) is 6.50. The predicted molar refractivity (Wildman–Crippen MR) is 63.4 cm³/mol. The lowest BCUT2D eigenvalue weighted by atomic mass is 9.88. The van der Waals surface area contributed by atoms with Gasteiger partial charge in [0.25, 0.3) is 0 Å². The summed E-state index contributed by atoms with van der Waals surface area (Å²) in [4.78, 5) is 11.9. The van der Waals surface area contributed by atoms with Gasteiger partial charge in [-0.3, -0.25) is 4.79 Å². The number of carbonyl (C=O) groups excluding carboxylic acids is 1. The number of aromatic nitrogens is 1. The molecule has 3 heteroatoms. The van der Waals surface area contributed by atoms with E-state index in [9.17, 15) is 4.79 Å². The molecule has 0 fully saturated rings. The molecule has 0 amide bonds. The standard InChI is InChI=1S/C13H21NO2/c1-12(2,3)8-9-7-10(16-14-9)11(15)13(4,5)6/h7H,8H2,1-6H3. The van der Waals surface area contributed by atoms with E-state index in [1.54, 1.807) is 6.07 Å². The van der Waals surface area contributed by atoms with E-state index in [0.29, 0.717) is 5.76 Å². The summed E-state index contributed by atoms with van der Waals surface area (Å²) in [5.74, 6) is 0.368. The molecule has 0 spiro atoms. The van der Waals surface area contributed by atoms with E-state index in [1.807, 2.05) is 20.8 Å². The predicted octanol–water partition coefficient (Wildman–Crippen LogP) is 3.49. The summed E-state index contributed by atoms with van der Waals surface area (Å²) >= 11 is 0. The van der Waals surface area contributed by atoms with Crippen LogP contribution < -0.4 is 0 Å². The summed E-state index contributed by atoms with van der Waals surface area (Å²) in [6.07, 6.45) is 0.813. The Hall–Kier alpha value is -1.12. The van der Waals surface area contributed by atoms with Gasteiger partial charge in [-0.1, -0.05) is 46.7 Å². The van der Waals surface area contributed by atoms with Crippen molar-refractivity contribution in [2.24, 2.45) is 10.8 Å². The van der Waals surface area contributed by atoms with E-state index >= 15 is 0 Å². The lowest BCUT2D eigenvalue weighted by molar-refractivity contribution is 0.0819. The third kappa shape index (κ3) is 3.47. The van der Waals surface area contributed by atoms with Gasteiger partial charge < -0.3 is 4.52 Å². The Labute approximate surface area is 97.2 Å². The lowest BCUT2D eigenvalue weighted by Crippen LogP contribution is -2.19. The number of ketones is 1. The highest BCUT2D eigenvalue weighted by atomic mass is 16.5. The summed E-state index contributed by atoms with van der Waals surface area (Å²) in [6, 6.07) is 1.76. The zero-order chi connectivity index (χ0) is 12.6. The van der Waals surface area contributed by atoms with Gasteiger partial charge in [-0.25, -0.2) is 0 Å². The molecule has 0 aliphatic carbocycles. The highest BCUT2D eigenvalue weighted by Gasteiger charge is 2.27. The highest BCUT2D eigenvalue weighted by Crippen LogP contribution is 2.24. The van der Waals surface area contributed by atoms with E-state index in [2.05, 4.69) is 25.9 Å². The molecule has 1 aromatic heterocycles. The van der Waals surface area contributed by atoms with Gasteiger partial charge in [0.1, 0.15) is 0 Å². The van der Waals surface area contributed by atoms with Gasteiger partial charge in [0, 0.05) is 11.5 Å². The number of hydrogen-bond acceptors (Lipinski definition) is 3. The quantitative estimate of drug-likeness (QED) is 0.721. The monoisotopic (exact) mass is 223 g/mol. The van der Waals surface area contributed by atoms with Crippen molar-refractivity contribution >= 4 is 5.78 Å². The Bertz CT molecular complexity index is 377. The average Bonchev–Trinajstić information content (AvgIpc) is 2.46. The van der Waals surface area contributed by atoms with Crippen LogP contribution in [0.4, 0.5) is 0 Å². The molecule has 0 atom stereocenters. The third-order valence-corrected chi connectivity index (χ3v) is 2.18. The number of carbonyl (C=O) groups is 1. The van der Waals surface area contributed by atoms with Crippen LogP contribution in [-0.4, -0.2) is 10.9 Å². The summed E-state index contributed by atoms with van der Waals surface area (Å²) in [5, 5.41) is 3.94. The first-order chi connectivity index (χ1) is 7.09. The molecule has 0 bridgehead atoms. The van der Waals surface area contributed by atoms with Gasteiger partial charge in [-0.15, -0.1) is 0 Å². The number of hydrogen-bond donors (Lipinski definition) is 0. The highest BCUT2D eigenvalue weighted by molar-refractivity contribution is 5.97. The number of Topliss-reactive ketones (excluding diaryl/α,β-unsaturated/α-hetero) is 1. The molecule has 3 nitrogen and oxygen atoms in total. The molecule has 0 saturated heterocycles. The molecule has 0 aliphatic rings. The maximum Gasteiger partial charge on any atom is 0.206 e. The maximum atomic E-state index is 11.9. The van der Waals surface area contributed by atoms with E-state index < -0.39 is 5.41 Å². The zero-order valence-corrected chi connectivity index (χ0v) is 11.0. The van der Waals surface area contributed by atoms with Crippen LogP contribution >= 0.6 is 0 Å². The van der Waals surface area contributed by atoms with Crippen LogP contribution in [0.2, 0.25) is 0 Å². The Morgan fingerprint density at radius 1 is 1.25 bits per heavy atom. The van der Waals surface area contributed by atoms with Crippen LogP contribution in [0.1, 0.15) is 57.8 Å². The van der Waals surface area contributed by atoms with Crippen molar-refractivity contribution in [3.63, 3.8) is 0 Å². The van der Waals surface area contributed by atoms with Crippen LogP contribution in [-0.2, 0) is 6.42 Å². The summed E-state index contributed by atoms with van der Waals surface area (Å²) in [6.45, 7) is 12.0. The van der Waals surface area contributed by atoms with Gasteiger partial charge in [0.05, 0.1) is 5.69 Å². The summed E-state index contributed by atoms with van der Waals surface area (Å²) < 4.78 is 5.10. The van der Waals surface area contributed by atoms with Crippen molar-refractivity contribution in [2.75, 3.05) is 0 Å². The minimum absolute atomic E-state index is 0.000147. The maximum absolute atomic E-state index is 11.9. The van der Waals surface area contributed by atoms with Crippen LogP contribution in [0.5, 0.6) is 0 Å². The van der Waals surface area contributed by atoms with Gasteiger partial charge in [0.2, 0.25) is 11.5 Å². The fraction of sp³-hybridized carbons (Fsp3) is 0.692. The van der Waals surface area contributed by atoms with Crippen LogP contribution in [0.15, 0.2) is 10.6 Å². The Morgan fingerprint density at radius 2 is 1.81 bits per heavy atom. The van der Waals surface area contributed by atoms with Crippen LogP contribution in [0, 0.1) is 10.8 Å². The molecule has 16 heavy (non-hydrogen) atoms. The minimum atomic E-state index is -0.418. The Kier molecular flexibility index (Phi) is 3.27. The molecule has 1 aromatic rings. The van der Waals surface area contributed by atoms with Gasteiger partial charge in [0.15, 0.2) is 0 Å². The van der Waals surface area contributed by atoms with Gasteiger partial charge in [-0.05, 0) is 11.8 Å². The smallest absolute Gasteiger partial charge is 0.206 e. The number of nitrogens with zero attached hydrogens (tertiary/aromatic N) is 1. The Balaban J connectivity index is 2.84. The molecule has 1 rings (SSSR count). The first-order valence-electron chi connectivity index (χ1n) is 5.60. The molecule has 0 aliphatic heterocycles. The molecule has 0 unspecified atom stereocenters. The second-order valence-electron chi connectivity index (χ2n) is 6.50. The van der Waals surface area contributed by atoms with Crippen LogP contribution in [0.3, 0.4) is 0 Å². The fourth-order valence-corrected chi connectivity index (χ4v) is 1.42. The molecule has 90 valence electrons. The topological polar surface area (TPSA) is 43.1 Å². The fourth-order valence-electron chi connectivity index (χ4n) is 1.42. The van der Waals surface area contributed by atoms with Crippen molar-refractivity contribution in [1.29, 1.82) is 0 Å². The molecule has 0 N–H and O–H groups in total. The first kappa shape index (κ1) is 12.9. The molecular formula is C13H21NO2. The minimum Gasteiger partial charge on any atom is -0.353 e. The number of rotatable bonds is 2. The van der Waals surface area contributed by atoms with Crippen molar-refractivity contribution < 1.29 is 9.32 Å². The molecule has 1 heterocycles. The van der Waals surface area contributed by atoms with Crippen molar-refractivity contribution in [3.05, 3.63) is 17.5 Å². The second kappa shape index (κ2) is 4.04. The SMILES string of the molecule is CC(C)(C)Cc1cc(C(=O)C(C)(C)C)on1. The molecule has 0 aromatic carbocycles. The van der Waals surface area contributed by atoms with Gasteiger partial charge >= 0.3 is 0 Å². The van der Waals surface area contributed by atoms with Crippen molar-refractivity contribution in [2.45, 2.75) is 48.0 Å². The Morgan fingerprint density at radius 3 is 2.25 bits per heavy atom. The first-order valence-corrected chi connectivity index (χ1v) is 5.60. The lowest BCUT2D eigenvalue weighted by Gasteiger charge is -2.15. The normalized spacial score (nSPS) is 12.9. The zero-order valence-electron chi connectivity index (χ0n) is 11.0. The van der Waals surface area contributed by atoms with Gasteiger partial charge in [-0.2, -0.15) is 0 Å². The van der Waals surface area contributed by atoms with E-state index in [1.165, 1.54) is 0 Å². The third-order valence-electron chi connectivity index (χ3n) is 2.18. The van der Waals surface area contributed by atoms with Crippen molar-refractivity contribution in [3.8, 4) is 0 Å². The average molecular weight is 223 g/mol.